The van der Waals surface area contributed by atoms with Gasteiger partial charge in [0.05, 0.1) is 6.61 Å². The van der Waals surface area contributed by atoms with Crippen molar-refractivity contribution in [2.75, 3.05) is 6.61 Å². The highest BCUT2D eigenvalue weighted by Crippen LogP contribution is 2.29. The van der Waals surface area contributed by atoms with Crippen LogP contribution in [0.4, 0.5) is 0 Å². The highest BCUT2D eigenvalue weighted by molar-refractivity contribution is 5.64. The zero-order valence-electron chi connectivity index (χ0n) is 10.3. The lowest BCUT2D eigenvalue weighted by atomic mass is 9.78. The molecule has 0 aromatic carbocycles. The van der Waals surface area contributed by atoms with Crippen LogP contribution in [-0.2, 0) is 4.79 Å². The Bertz CT molecular complexity index is 201. The lowest BCUT2D eigenvalue weighted by Gasteiger charge is -2.38. The maximum Gasteiger partial charge on any atom is 0.154 e. The maximum absolute atomic E-state index is 10.9. The molecule has 0 saturated heterocycles. The molecule has 0 radical (unpaired) electrons. The zero-order chi connectivity index (χ0) is 12.7. The summed E-state index contributed by atoms with van der Waals surface area (Å²) in [6.45, 7) is 3.10. The van der Waals surface area contributed by atoms with E-state index in [1.807, 2.05) is 0 Å². The van der Waals surface area contributed by atoms with Crippen molar-refractivity contribution in [2.45, 2.75) is 63.6 Å². The fourth-order valence-electron chi connectivity index (χ4n) is 1.78. The van der Waals surface area contributed by atoms with E-state index in [0.29, 0.717) is 12.7 Å². The summed E-state index contributed by atoms with van der Waals surface area (Å²) in [6, 6.07) is 0. The van der Waals surface area contributed by atoms with Crippen LogP contribution in [0.2, 0.25) is 0 Å². The van der Waals surface area contributed by atoms with Crippen molar-refractivity contribution in [3.05, 3.63) is 0 Å². The molecule has 2 atom stereocenters. The summed E-state index contributed by atoms with van der Waals surface area (Å²) >= 11 is 0. The molecule has 4 heteroatoms. The van der Waals surface area contributed by atoms with Crippen molar-refractivity contribution in [1.82, 2.24) is 0 Å². The van der Waals surface area contributed by atoms with Crippen molar-refractivity contribution in [2.24, 2.45) is 0 Å². The van der Waals surface area contributed by atoms with E-state index in [0.717, 1.165) is 19.3 Å². The molecule has 0 fully saturated rings. The molecule has 0 aromatic rings. The molecule has 0 saturated carbocycles. The molecule has 0 heterocycles. The molecule has 16 heavy (non-hydrogen) atoms. The first-order chi connectivity index (χ1) is 7.49. The normalized spacial score (nSPS) is 18.8. The first-order valence-electron chi connectivity index (χ1n) is 6.01. The third kappa shape index (κ3) is 3.54. The fraction of sp³-hybridized carbons (Fsp3) is 0.917. The van der Waals surface area contributed by atoms with Gasteiger partial charge in [-0.25, -0.2) is 0 Å². The van der Waals surface area contributed by atoms with Gasteiger partial charge in [-0.05, 0) is 12.8 Å². The summed E-state index contributed by atoms with van der Waals surface area (Å²) in [5.74, 6) is 0. The van der Waals surface area contributed by atoms with Gasteiger partial charge in [0.2, 0.25) is 0 Å². The van der Waals surface area contributed by atoms with Crippen molar-refractivity contribution in [1.29, 1.82) is 0 Å². The highest BCUT2D eigenvalue weighted by Gasteiger charge is 2.47. The summed E-state index contributed by atoms with van der Waals surface area (Å²) in [5.41, 5.74) is -3.55. The summed E-state index contributed by atoms with van der Waals surface area (Å²) in [7, 11) is 0. The third-order valence-electron chi connectivity index (χ3n) is 3.26. The Balaban J connectivity index is 4.45. The fourth-order valence-corrected chi connectivity index (χ4v) is 1.78. The smallest absolute Gasteiger partial charge is 0.154 e. The Hall–Kier alpha value is -0.450. The predicted octanol–water partition coefficient (Wildman–Crippen LogP) is 1.02. The molecular formula is C12H24O4. The molecule has 0 amide bonds. The first kappa shape index (κ1) is 15.6. The molecular weight excluding hydrogens is 208 g/mol. The van der Waals surface area contributed by atoms with Gasteiger partial charge >= 0.3 is 0 Å². The van der Waals surface area contributed by atoms with E-state index in [1.165, 1.54) is 0 Å². The average molecular weight is 232 g/mol. The van der Waals surface area contributed by atoms with Crippen LogP contribution in [0.15, 0.2) is 0 Å². The number of carbonyl (C=O) groups is 1. The van der Waals surface area contributed by atoms with Gasteiger partial charge < -0.3 is 20.1 Å². The van der Waals surface area contributed by atoms with Gasteiger partial charge in [-0.2, -0.15) is 0 Å². The van der Waals surface area contributed by atoms with E-state index in [-0.39, 0.29) is 12.8 Å². The predicted molar refractivity (Wildman–Crippen MR) is 62.1 cm³/mol. The van der Waals surface area contributed by atoms with Crippen LogP contribution < -0.4 is 0 Å². The number of aldehydes is 1. The minimum absolute atomic E-state index is 0.145. The Morgan fingerprint density at radius 3 is 2.12 bits per heavy atom. The monoisotopic (exact) mass is 232 g/mol. The largest absolute Gasteiger partial charge is 0.393 e. The molecule has 96 valence electrons. The Morgan fingerprint density at radius 1 is 1.12 bits per heavy atom. The molecule has 0 aliphatic carbocycles. The molecule has 4 nitrogen and oxygen atoms in total. The Morgan fingerprint density at radius 2 is 1.75 bits per heavy atom. The Kier molecular flexibility index (Phi) is 6.79. The lowest BCUT2D eigenvalue weighted by molar-refractivity contribution is -0.177. The molecule has 2 unspecified atom stereocenters. The number of hydrogen-bond donors (Lipinski definition) is 3. The van der Waals surface area contributed by atoms with Crippen molar-refractivity contribution in [3.63, 3.8) is 0 Å². The van der Waals surface area contributed by atoms with Gasteiger partial charge in [0.1, 0.15) is 5.60 Å². The van der Waals surface area contributed by atoms with Gasteiger partial charge in [-0.1, -0.05) is 39.5 Å². The molecule has 0 aliphatic heterocycles. The van der Waals surface area contributed by atoms with E-state index in [9.17, 15) is 15.0 Å². The zero-order valence-corrected chi connectivity index (χ0v) is 10.3. The molecule has 3 N–H and O–H groups in total. The minimum Gasteiger partial charge on any atom is -0.393 e. The van der Waals surface area contributed by atoms with E-state index in [1.54, 1.807) is 6.92 Å². The van der Waals surface area contributed by atoms with Crippen molar-refractivity contribution >= 4 is 6.29 Å². The van der Waals surface area contributed by atoms with E-state index in [2.05, 4.69) is 6.92 Å². The summed E-state index contributed by atoms with van der Waals surface area (Å²) in [4.78, 5) is 10.9. The summed E-state index contributed by atoms with van der Waals surface area (Å²) in [6.07, 6.45) is 4.39. The minimum atomic E-state index is -1.83. The van der Waals surface area contributed by atoms with Crippen molar-refractivity contribution in [3.8, 4) is 0 Å². The molecule has 0 aromatic heterocycles. The molecule has 0 rings (SSSR count). The summed E-state index contributed by atoms with van der Waals surface area (Å²) in [5, 5.41) is 29.1. The topological polar surface area (TPSA) is 77.8 Å². The molecule has 0 bridgehead atoms. The second-order valence-electron chi connectivity index (χ2n) is 4.40. The molecule has 0 aliphatic rings. The van der Waals surface area contributed by atoms with Crippen LogP contribution in [0.5, 0.6) is 0 Å². The first-order valence-corrected chi connectivity index (χ1v) is 6.01. The van der Waals surface area contributed by atoms with Crippen molar-refractivity contribution < 1.29 is 20.1 Å². The maximum atomic E-state index is 10.9. The molecule has 0 spiro atoms. The van der Waals surface area contributed by atoms with Crippen LogP contribution in [0.3, 0.4) is 0 Å². The van der Waals surface area contributed by atoms with Gasteiger partial charge in [-0.3, -0.25) is 0 Å². The SMILES string of the molecule is CCCCCCC(O)(C=O)C(O)(CC)CO. The van der Waals surface area contributed by atoms with Crippen LogP contribution in [0.1, 0.15) is 52.4 Å². The second-order valence-corrected chi connectivity index (χ2v) is 4.40. The third-order valence-corrected chi connectivity index (χ3v) is 3.26. The van der Waals surface area contributed by atoms with E-state index in [4.69, 9.17) is 5.11 Å². The summed E-state index contributed by atoms with van der Waals surface area (Å²) < 4.78 is 0. The quantitative estimate of drug-likeness (QED) is 0.410. The lowest BCUT2D eigenvalue weighted by Crippen LogP contribution is -2.57. The highest BCUT2D eigenvalue weighted by atomic mass is 16.4. The van der Waals surface area contributed by atoms with Gasteiger partial charge in [0.15, 0.2) is 11.9 Å². The average Bonchev–Trinajstić information content (AvgIpc) is 2.33. The van der Waals surface area contributed by atoms with Gasteiger partial charge in [0.25, 0.3) is 0 Å². The van der Waals surface area contributed by atoms with Crippen LogP contribution in [-0.4, -0.2) is 39.4 Å². The standard InChI is InChI=1S/C12H24O4/c1-3-5-6-7-8-12(16,10-14)11(15,4-2)9-13/h10,13,15-16H,3-9H2,1-2H3. The van der Waals surface area contributed by atoms with Gasteiger partial charge in [0, 0.05) is 0 Å². The van der Waals surface area contributed by atoms with E-state index >= 15 is 0 Å². The number of rotatable bonds is 9. The second kappa shape index (κ2) is 6.99. The van der Waals surface area contributed by atoms with Crippen LogP contribution in [0, 0.1) is 0 Å². The number of aliphatic hydroxyl groups is 3. The Labute approximate surface area is 97.3 Å². The number of hydrogen-bond acceptors (Lipinski definition) is 4. The number of aliphatic hydroxyl groups excluding tert-OH is 1. The van der Waals surface area contributed by atoms with Crippen LogP contribution in [0.25, 0.3) is 0 Å². The number of carbonyl (C=O) groups excluding carboxylic acids is 1. The van der Waals surface area contributed by atoms with E-state index < -0.39 is 17.8 Å². The van der Waals surface area contributed by atoms with Crippen LogP contribution >= 0.6 is 0 Å². The number of unbranched alkanes of at least 4 members (excludes halogenated alkanes) is 3. The van der Waals surface area contributed by atoms with Gasteiger partial charge in [-0.15, -0.1) is 0 Å².